The first-order chi connectivity index (χ1) is 16.3. The SMILES string of the molecule is C=C(C)C(=C)/C=C\C(=C)C1=C2C(=C(C3=C4C(=C(C(=C)C)CC3)C3CCC4C3)CC1)C1C=CC2C1. The zero-order chi connectivity index (χ0) is 23.7. The summed E-state index contributed by atoms with van der Waals surface area (Å²) in [5.74, 6) is 2.78. The first-order valence-corrected chi connectivity index (χ1v) is 13.3. The molecule has 0 aromatic carbocycles. The molecule has 0 saturated heterocycles. The second kappa shape index (κ2) is 7.98. The molecule has 34 heavy (non-hydrogen) atoms. The third-order valence-electron chi connectivity index (χ3n) is 9.51. The first-order valence-electron chi connectivity index (χ1n) is 13.3. The van der Waals surface area contributed by atoms with Gasteiger partial charge in [0.1, 0.15) is 0 Å². The van der Waals surface area contributed by atoms with E-state index in [0.717, 1.165) is 29.4 Å². The number of allylic oxidation sites excluding steroid dienone is 16. The first kappa shape index (κ1) is 21.9. The monoisotopic (exact) mass is 446 g/mol. The van der Waals surface area contributed by atoms with Crippen molar-refractivity contribution in [2.75, 3.05) is 0 Å². The average molecular weight is 447 g/mol. The fourth-order valence-electron chi connectivity index (χ4n) is 7.95. The van der Waals surface area contributed by atoms with E-state index in [2.05, 4.69) is 57.5 Å². The van der Waals surface area contributed by atoms with Crippen LogP contribution in [-0.2, 0) is 0 Å². The molecule has 0 aliphatic heterocycles. The van der Waals surface area contributed by atoms with Crippen LogP contribution in [0.5, 0.6) is 0 Å². The Balaban J connectivity index is 1.47. The minimum absolute atomic E-state index is 0.579. The maximum absolute atomic E-state index is 4.51. The van der Waals surface area contributed by atoms with Crippen LogP contribution in [0.2, 0.25) is 0 Å². The maximum Gasteiger partial charge on any atom is 0.00329 e. The van der Waals surface area contributed by atoms with E-state index in [1.807, 2.05) is 6.92 Å². The van der Waals surface area contributed by atoms with Crippen LogP contribution in [0.3, 0.4) is 0 Å². The molecule has 0 radical (unpaired) electrons. The molecule has 0 aromatic rings. The lowest BCUT2D eigenvalue weighted by Gasteiger charge is -2.35. The Kier molecular flexibility index (Phi) is 5.14. The highest BCUT2D eigenvalue weighted by molar-refractivity contribution is 5.67. The fourth-order valence-corrected chi connectivity index (χ4v) is 7.95. The predicted octanol–water partition coefficient (Wildman–Crippen LogP) is 9.22. The van der Waals surface area contributed by atoms with Gasteiger partial charge in [-0.15, -0.1) is 0 Å². The lowest BCUT2D eigenvalue weighted by atomic mass is 9.70. The molecule has 6 rings (SSSR count). The Hall–Kier alpha value is -2.60. The third kappa shape index (κ3) is 3.18. The van der Waals surface area contributed by atoms with Crippen LogP contribution in [0.4, 0.5) is 0 Å². The molecule has 0 heteroatoms. The van der Waals surface area contributed by atoms with Crippen LogP contribution in [0, 0.1) is 23.7 Å². The van der Waals surface area contributed by atoms with Gasteiger partial charge in [0.15, 0.2) is 0 Å². The topological polar surface area (TPSA) is 0 Å². The van der Waals surface area contributed by atoms with Crippen molar-refractivity contribution < 1.29 is 0 Å². The van der Waals surface area contributed by atoms with Gasteiger partial charge < -0.3 is 0 Å². The van der Waals surface area contributed by atoms with Gasteiger partial charge in [0, 0.05) is 11.8 Å². The third-order valence-corrected chi connectivity index (χ3v) is 9.51. The minimum atomic E-state index is 0.579. The summed E-state index contributed by atoms with van der Waals surface area (Å²) in [4.78, 5) is 0. The van der Waals surface area contributed by atoms with Crippen molar-refractivity contribution in [2.45, 2.75) is 65.2 Å². The predicted molar refractivity (Wildman–Crippen MR) is 145 cm³/mol. The molecular formula is C34H38. The Morgan fingerprint density at radius 1 is 0.706 bits per heavy atom. The molecular weight excluding hydrogens is 408 g/mol. The Bertz CT molecular complexity index is 1240. The van der Waals surface area contributed by atoms with E-state index >= 15 is 0 Å². The summed E-state index contributed by atoms with van der Waals surface area (Å²) >= 11 is 0. The number of hydrogen-bond acceptors (Lipinski definition) is 0. The molecule has 4 unspecified atom stereocenters. The summed E-state index contributed by atoms with van der Waals surface area (Å²) in [6, 6.07) is 0. The molecule has 6 aliphatic carbocycles. The van der Waals surface area contributed by atoms with Gasteiger partial charge >= 0.3 is 0 Å². The van der Waals surface area contributed by atoms with E-state index in [-0.39, 0.29) is 0 Å². The van der Waals surface area contributed by atoms with Crippen molar-refractivity contribution >= 4 is 0 Å². The molecule has 0 spiro atoms. The van der Waals surface area contributed by atoms with Gasteiger partial charge in [-0.25, -0.2) is 0 Å². The molecule has 0 amide bonds. The smallest absolute Gasteiger partial charge is 0.00329 e. The van der Waals surface area contributed by atoms with Gasteiger partial charge in [-0.3, -0.25) is 0 Å². The maximum atomic E-state index is 4.51. The molecule has 4 atom stereocenters. The van der Waals surface area contributed by atoms with E-state index in [1.54, 1.807) is 39.0 Å². The van der Waals surface area contributed by atoms with E-state index in [4.69, 9.17) is 0 Å². The number of rotatable bonds is 6. The second-order valence-corrected chi connectivity index (χ2v) is 11.6. The van der Waals surface area contributed by atoms with E-state index in [1.165, 1.54) is 61.7 Å². The fraction of sp³-hybridized carbons (Fsp3) is 0.412. The lowest BCUT2D eigenvalue weighted by molar-refractivity contribution is 0.623. The quantitative estimate of drug-likeness (QED) is 0.282. The normalized spacial score (nSPS) is 31.2. The Morgan fingerprint density at radius 2 is 1.32 bits per heavy atom. The number of fused-ring (bicyclic) bond motifs is 10. The summed E-state index contributed by atoms with van der Waals surface area (Å²) < 4.78 is 0. The molecule has 3 fully saturated rings. The lowest BCUT2D eigenvalue weighted by Crippen LogP contribution is -2.18. The largest absolute Gasteiger partial charge is 0.0958 e. The Morgan fingerprint density at radius 3 is 2.00 bits per heavy atom. The van der Waals surface area contributed by atoms with Gasteiger partial charge in [0.25, 0.3) is 0 Å². The molecule has 0 nitrogen and oxygen atoms in total. The van der Waals surface area contributed by atoms with Gasteiger partial charge in [0.2, 0.25) is 0 Å². The Labute approximate surface area is 206 Å². The molecule has 0 N–H and O–H groups in total. The molecule has 3 saturated carbocycles. The van der Waals surface area contributed by atoms with E-state index < -0.39 is 0 Å². The van der Waals surface area contributed by atoms with Crippen LogP contribution >= 0.6 is 0 Å². The van der Waals surface area contributed by atoms with Crippen LogP contribution in [0.25, 0.3) is 0 Å². The summed E-state index contributed by atoms with van der Waals surface area (Å²) in [6.07, 6.45) is 19.4. The molecule has 0 heterocycles. The van der Waals surface area contributed by atoms with Crippen molar-refractivity contribution in [3.63, 3.8) is 0 Å². The molecule has 6 aliphatic rings. The summed E-state index contributed by atoms with van der Waals surface area (Å²) in [5, 5.41) is 0. The molecule has 4 bridgehead atoms. The van der Waals surface area contributed by atoms with Crippen LogP contribution in [0.15, 0.2) is 117 Å². The number of hydrogen-bond donors (Lipinski definition) is 0. The van der Waals surface area contributed by atoms with E-state index in [9.17, 15) is 0 Å². The van der Waals surface area contributed by atoms with Gasteiger partial charge in [-0.2, -0.15) is 0 Å². The zero-order valence-electron chi connectivity index (χ0n) is 21.1. The van der Waals surface area contributed by atoms with Gasteiger partial charge in [-0.05, 0) is 133 Å². The highest BCUT2D eigenvalue weighted by Gasteiger charge is 2.46. The van der Waals surface area contributed by atoms with Gasteiger partial charge in [-0.1, -0.05) is 61.8 Å². The van der Waals surface area contributed by atoms with Crippen LogP contribution in [0.1, 0.15) is 65.2 Å². The summed E-state index contributed by atoms with van der Waals surface area (Å²) in [5.41, 5.74) is 17.9. The zero-order valence-corrected chi connectivity index (χ0v) is 21.1. The van der Waals surface area contributed by atoms with Crippen molar-refractivity contribution in [3.8, 4) is 0 Å². The minimum Gasteiger partial charge on any atom is -0.0958 e. The molecule has 0 aromatic heterocycles. The van der Waals surface area contributed by atoms with Crippen molar-refractivity contribution in [2.24, 2.45) is 23.7 Å². The van der Waals surface area contributed by atoms with Crippen molar-refractivity contribution in [1.82, 2.24) is 0 Å². The van der Waals surface area contributed by atoms with Crippen LogP contribution in [-0.4, -0.2) is 0 Å². The van der Waals surface area contributed by atoms with E-state index in [0.29, 0.717) is 11.8 Å². The standard InChI is InChI=1S/C34H38/c1-19(2)21(5)7-8-22(6)28-14-16-30(34-26-12-10-24(18-26)32(28)34)29-15-13-27(20(3)4)31-23-9-11-25(17-23)33(29)31/h7-8,10,12,23-26H,1,3,5-6,9,11,13-18H2,2,4H3/b8-7-. The highest BCUT2D eigenvalue weighted by Crippen LogP contribution is 2.61. The second-order valence-electron chi connectivity index (χ2n) is 11.6. The average Bonchev–Trinajstić information content (AvgIpc) is 3.62. The van der Waals surface area contributed by atoms with Crippen molar-refractivity contribution in [1.29, 1.82) is 0 Å². The summed E-state index contributed by atoms with van der Waals surface area (Å²) in [6.45, 7) is 21.3. The van der Waals surface area contributed by atoms with Crippen molar-refractivity contribution in [3.05, 3.63) is 117 Å². The highest BCUT2D eigenvalue weighted by atomic mass is 14.5. The van der Waals surface area contributed by atoms with Crippen LogP contribution < -0.4 is 0 Å². The molecule has 174 valence electrons. The summed E-state index contributed by atoms with van der Waals surface area (Å²) in [7, 11) is 0. The van der Waals surface area contributed by atoms with Gasteiger partial charge in [0.05, 0.1) is 0 Å².